The van der Waals surface area contributed by atoms with E-state index in [2.05, 4.69) is 266 Å². The van der Waals surface area contributed by atoms with E-state index in [0.29, 0.717) is 0 Å². The SMILES string of the molecule is c1ccc(N(c2ccc3c(c2)C(c2ccccc2)(c2ccccc2)c2ccccc2-3)c2ccc3c4c(c5ccccc5c3c2)-c2ccccc2C4(c2ccccc2)c2ccccc2)cc1. The van der Waals surface area contributed by atoms with E-state index in [-0.39, 0.29) is 0 Å². The second kappa shape index (κ2) is 14.7. The van der Waals surface area contributed by atoms with Gasteiger partial charge in [0.15, 0.2) is 0 Å². The molecule has 0 radical (unpaired) electrons. The van der Waals surface area contributed by atoms with Crippen molar-refractivity contribution in [1.29, 1.82) is 0 Å². The van der Waals surface area contributed by atoms with Crippen molar-refractivity contribution >= 4 is 38.6 Å². The third-order valence-corrected chi connectivity index (χ3v) is 14.4. The molecule has 13 rings (SSSR count). The summed E-state index contributed by atoms with van der Waals surface area (Å²) < 4.78 is 0. The fourth-order valence-corrected chi connectivity index (χ4v) is 11.9. The van der Waals surface area contributed by atoms with Crippen LogP contribution in [0.15, 0.2) is 261 Å². The molecule has 1 nitrogen and oxygen atoms in total. The number of para-hydroxylation sites is 1. The third-order valence-electron chi connectivity index (χ3n) is 14.4. The highest BCUT2D eigenvalue weighted by Crippen LogP contribution is 2.61. The molecular formula is C64H43N. The standard InChI is InChI=1S/C64H43N/c1-6-22-44(23-7-1)63(45-24-8-2-9-25-45)58-36-20-18-33-52(58)53-40-38-50(43-60(53)63)65(48-30-14-5-15-31-48)49-39-41-55-57(42-49)51-32-16-17-34-54(51)61-56-35-19-21-37-59(56)64(62(55)61,46-26-10-3-11-27-46)47-28-12-4-13-29-47/h1-43H. The minimum absolute atomic E-state index is 0.514. The molecule has 0 saturated carbocycles. The van der Waals surface area contributed by atoms with Crippen molar-refractivity contribution in [2.24, 2.45) is 0 Å². The number of hydrogen-bond donors (Lipinski definition) is 0. The Labute approximate surface area is 380 Å². The van der Waals surface area contributed by atoms with Gasteiger partial charge in [0, 0.05) is 17.1 Å². The van der Waals surface area contributed by atoms with Crippen molar-refractivity contribution in [3.8, 4) is 22.3 Å². The minimum Gasteiger partial charge on any atom is -0.310 e. The maximum Gasteiger partial charge on any atom is 0.0719 e. The normalized spacial score (nSPS) is 13.8. The topological polar surface area (TPSA) is 3.24 Å². The van der Waals surface area contributed by atoms with E-state index in [1.54, 1.807) is 0 Å². The number of rotatable bonds is 7. The molecule has 0 bridgehead atoms. The summed E-state index contributed by atoms with van der Waals surface area (Å²) in [5.74, 6) is 0. The van der Waals surface area contributed by atoms with Gasteiger partial charge in [0.1, 0.15) is 0 Å². The van der Waals surface area contributed by atoms with E-state index in [9.17, 15) is 0 Å². The Morgan fingerprint density at radius 1 is 0.246 bits per heavy atom. The summed E-state index contributed by atoms with van der Waals surface area (Å²) >= 11 is 0. The van der Waals surface area contributed by atoms with Gasteiger partial charge in [-0.2, -0.15) is 0 Å². The van der Waals surface area contributed by atoms with Crippen molar-refractivity contribution in [2.45, 2.75) is 10.8 Å². The molecule has 2 aliphatic rings. The Kier molecular flexibility index (Phi) is 8.41. The van der Waals surface area contributed by atoms with Gasteiger partial charge in [0.25, 0.3) is 0 Å². The van der Waals surface area contributed by atoms with E-state index in [0.717, 1.165) is 17.1 Å². The average Bonchev–Trinajstić information content (AvgIpc) is 3.87. The van der Waals surface area contributed by atoms with Crippen LogP contribution in [0, 0.1) is 0 Å². The van der Waals surface area contributed by atoms with Crippen molar-refractivity contribution in [3.63, 3.8) is 0 Å². The summed E-state index contributed by atoms with van der Waals surface area (Å²) in [5, 5.41) is 5.01. The van der Waals surface area contributed by atoms with Crippen molar-refractivity contribution in [1.82, 2.24) is 0 Å². The zero-order valence-corrected chi connectivity index (χ0v) is 35.8. The summed E-state index contributed by atoms with van der Waals surface area (Å²) in [6.45, 7) is 0. The fourth-order valence-electron chi connectivity index (χ4n) is 11.9. The molecule has 2 aliphatic carbocycles. The molecule has 0 heterocycles. The summed E-state index contributed by atoms with van der Waals surface area (Å²) in [5.41, 5.74) is 17.7. The molecule has 0 atom stereocenters. The lowest BCUT2D eigenvalue weighted by molar-refractivity contribution is 0.768. The first-order chi connectivity index (χ1) is 32.3. The van der Waals surface area contributed by atoms with Crippen molar-refractivity contribution in [3.05, 3.63) is 305 Å². The molecule has 0 N–H and O–H groups in total. The largest absolute Gasteiger partial charge is 0.310 e. The van der Waals surface area contributed by atoms with Gasteiger partial charge < -0.3 is 4.90 Å². The summed E-state index contributed by atoms with van der Waals surface area (Å²) in [4.78, 5) is 2.46. The molecule has 11 aromatic carbocycles. The Morgan fingerprint density at radius 3 is 1.28 bits per heavy atom. The first-order valence-electron chi connectivity index (χ1n) is 22.7. The van der Waals surface area contributed by atoms with Gasteiger partial charge in [-0.3, -0.25) is 0 Å². The van der Waals surface area contributed by atoms with Crippen LogP contribution >= 0.6 is 0 Å². The van der Waals surface area contributed by atoms with Crippen LogP contribution in [-0.2, 0) is 10.8 Å². The van der Waals surface area contributed by atoms with Crippen LogP contribution in [0.4, 0.5) is 17.1 Å². The van der Waals surface area contributed by atoms with Crippen LogP contribution < -0.4 is 4.90 Å². The highest BCUT2D eigenvalue weighted by molar-refractivity contribution is 6.20. The van der Waals surface area contributed by atoms with Crippen molar-refractivity contribution in [2.75, 3.05) is 4.90 Å². The number of nitrogens with zero attached hydrogens (tertiary/aromatic N) is 1. The fraction of sp³-hybridized carbons (Fsp3) is 0.0312. The first kappa shape index (κ1) is 37.3. The van der Waals surface area contributed by atoms with Crippen LogP contribution in [0.2, 0.25) is 0 Å². The lowest BCUT2D eigenvalue weighted by atomic mass is 9.66. The zero-order valence-electron chi connectivity index (χ0n) is 35.8. The lowest BCUT2D eigenvalue weighted by Gasteiger charge is -2.35. The van der Waals surface area contributed by atoms with E-state index in [1.807, 2.05) is 0 Å². The van der Waals surface area contributed by atoms with Crippen molar-refractivity contribution < 1.29 is 0 Å². The summed E-state index contributed by atoms with van der Waals surface area (Å²) in [7, 11) is 0. The molecule has 0 saturated heterocycles. The van der Waals surface area contributed by atoms with Crippen LogP contribution in [0.1, 0.15) is 44.5 Å². The zero-order chi connectivity index (χ0) is 43.0. The second-order valence-electron chi connectivity index (χ2n) is 17.5. The average molecular weight is 826 g/mol. The van der Waals surface area contributed by atoms with Gasteiger partial charge in [-0.25, -0.2) is 0 Å². The Balaban J connectivity index is 1.10. The quantitative estimate of drug-likeness (QED) is 0.145. The summed E-state index contributed by atoms with van der Waals surface area (Å²) in [6, 6.07) is 97.0. The number of benzene rings is 11. The smallest absolute Gasteiger partial charge is 0.0719 e. The van der Waals surface area contributed by atoms with E-state index in [1.165, 1.54) is 88.3 Å². The van der Waals surface area contributed by atoms with Crippen LogP contribution in [-0.4, -0.2) is 0 Å². The lowest BCUT2D eigenvalue weighted by Crippen LogP contribution is -2.29. The first-order valence-corrected chi connectivity index (χ1v) is 22.7. The molecule has 0 unspecified atom stereocenters. The van der Waals surface area contributed by atoms with Gasteiger partial charge in [-0.05, 0) is 125 Å². The van der Waals surface area contributed by atoms with Gasteiger partial charge in [-0.15, -0.1) is 0 Å². The minimum atomic E-state index is -0.537. The number of hydrogen-bond acceptors (Lipinski definition) is 1. The Hall–Kier alpha value is -8.26. The third kappa shape index (κ3) is 5.27. The van der Waals surface area contributed by atoms with E-state index in [4.69, 9.17) is 0 Å². The molecule has 0 aromatic heterocycles. The maximum absolute atomic E-state index is 2.47. The second-order valence-corrected chi connectivity index (χ2v) is 17.5. The molecule has 0 amide bonds. The van der Waals surface area contributed by atoms with Gasteiger partial charge in [0.05, 0.1) is 10.8 Å². The molecule has 65 heavy (non-hydrogen) atoms. The van der Waals surface area contributed by atoms with E-state index < -0.39 is 10.8 Å². The molecule has 304 valence electrons. The molecule has 0 spiro atoms. The summed E-state index contributed by atoms with van der Waals surface area (Å²) in [6.07, 6.45) is 0. The molecular weight excluding hydrogens is 783 g/mol. The molecule has 0 aliphatic heterocycles. The van der Waals surface area contributed by atoms with Crippen LogP contribution in [0.3, 0.4) is 0 Å². The van der Waals surface area contributed by atoms with E-state index >= 15 is 0 Å². The molecule has 1 heteroatoms. The predicted octanol–water partition coefficient (Wildman–Crippen LogP) is 16.2. The van der Waals surface area contributed by atoms with Crippen LogP contribution in [0.25, 0.3) is 43.8 Å². The molecule has 0 fully saturated rings. The Morgan fingerprint density at radius 2 is 0.677 bits per heavy atom. The Bertz CT molecular complexity index is 3500. The van der Waals surface area contributed by atoms with Crippen LogP contribution in [0.5, 0.6) is 0 Å². The molecule has 11 aromatic rings. The number of anilines is 3. The van der Waals surface area contributed by atoms with Gasteiger partial charge in [0.2, 0.25) is 0 Å². The highest BCUT2D eigenvalue weighted by atomic mass is 15.1. The van der Waals surface area contributed by atoms with Gasteiger partial charge in [-0.1, -0.05) is 224 Å². The number of fused-ring (bicyclic) bond motifs is 11. The van der Waals surface area contributed by atoms with Gasteiger partial charge >= 0.3 is 0 Å². The highest BCUT2D eigenvalue weighted by Gasteiger charge is 2.49. The maximum atomic E-state index is 2.47. The monoisotopic (exact) mass is 825 g/mol. The predicted molar refractivity (Wildman–Crippen MR) is 271 cm³/mol.